The third kappa shape index (κ3) is 3.23. The lowest BCUT2D eigenvalue weighted by atomic mass is 9.74. The second-order valence-electron chi connectivity index (χ2n) is 10.5. The van der Waals surface area contributed by atoms with E-state index in [1.807, 2.05) is 63.3 Å². The Kier molecular flexibility index (Phi) is 5.45. The first kappa shape index (κ1) is 23.8. The second kappa shape index (κ2) is 8.03. The minimum absolute atomic E-state index is 0.179. The summed E-state index contributed by atoms with van der Waals surface area (Å²) in [6.45, 7) is 7.91. The monoisotopic (exact) mass is 479 g/mol. The Labute approximate surface area is 205 Å². The molecule has 8 heteroatoms. The number of likely N-dealkylation sites (N-methyl/N-ethyl adjacent to an activating group) is 1. The Balaban J connectivity index is 1.69. The van der Waals surface area contributed by atoms with Crippen LogP contribution in [-0.2, 0) is 19.1 Å². The van der Waals surface area contributed by atoms with E-state index >= 15 is 0 Å². The average Bonchev–Trinajstić information content (AvgIpc) is 3.10. The third-order valence-corrected chi connectivity index (χ3v) is 8.09. The summed E-state index contributed by atoms with van der Waals surface area (Å²) in [4.78, 5) is 46.7. The van der Waals surface area contributed by atoms with Crippen molar-refractivity contribution in [2.45, 2.75) is 51.0 Å². The summed E-state index contributed by atoms with van der Waals surface area (Å²) in [7, 11) is 1.71. The van der Waals surface area contributed by atoms with Crippen LogP contribution in [0.2, 0.25) is 0 Å². The van der Waals surface area contributed by atoms with Crippen molar-refractivity contribution in [1.29, 1.82) is 0 Å². The molecule has 0 bridgehead atoms. The minimum atomic E-state index is -1.32. The van der Waals surface area contributed by atoms with Crippen molar-refractivity contribution in [1.82, 2.24) is 9.80 Å². The van der Waals surface area contributed by atoms with Crippen LogP contribution in [0.1, 0.15) is 25.0 Å². The van der Waals surface area contributed by atoms with E-state index in [0.29, 0.717) is 13.1 Å². The zero-order chi connectivity index (χ0) is 25.3. The van der Waals surface area contributed by atoms with E-state index in [2.05, 4.69) is 0 Å². The maximum Gasteiger partial charge on any atom is 0.253 e. The van der Waals surface area contributed by atoms with Gasteiger partial charge in [-0.15, -0.1) is 0 Å². The molecule has 2 fully saturated rings. The van der Waals surface area contributed by atoms with E-state index in [1.165, 1.54) is 4.90 Å². The number of amides is 3. The topological polar surface area (TPSA) is 90.4 Å². The van der Waals surface area contributed by atoms with Gasteiger partial charge < -0.3 is 24.5 Å². The molecule has 5 rings (SSSR count). The zero-order valence-corrected chi connectivity index (χ0v) is 20.9. The quantitative estimate of drug-likeness (QED) is 0.665. The fraction of sp³-hybridized carbons (Fsp3) is 0.519. The summed E-state index contributed by atoms with van der Waals surface area (Å²) < 4.78 is 6.74. The molecule has 1 aromatic carbocycles. The fourth-order valence-corrected chi connectivity index (χ4v) is 6.37. The first-order valence-electron chi connectivity index (χ1n) is 12.2. The van der Waals surface area contributed by atoms with Crippen molar-refractivity contribution in [2.75, 3.05) is 31.6 Å². The van der Waals surface area contributed by atoms with Crippen LogP contribution in [0, 0.1) is 25.7 Å². The molecule has 2 saturated heterocycles. The van der Waals surface area contributed by atoms with Crippen molar-refractivity contribution in [3.8, 4) is 0 Å². The molecule has 0 saturated carbocycles. The van der Waals surface area contributed by atoms with E-state index < -0.39 is 35.1 Å². The van der Waals surface area contributed by atoms with E-state index in [4.69, 9.17) is 4.74 Å². The SMILES string of the molecule is Cc1ccc(C)c(N2CC=C[C@]34O[C@]5(C)C=CCN(C)C(=O)[C@@H]5[C@H]3C(=O)N([C@H](C)CO)C4C2=O)c1. The summed E-state index contributed by atoms with van der Waals surface area (Å²) >= 11 is 0. The van der Waals surface area contributed by atoms with Gasteiger partial charge >= 0.3 is 0 Å². The van der Waals surface area contributed by atoms with E-state index in [0.717, 1.165) is 16.8 Å². The maximum absolute atomic E-state index is 14.3. The highest BCUT2D eigenvalue weighted by molar-refractivity contribution is 6.06. The van der Waals surface area contributed by atoms with E-state index in [1.54, 1.807) is 23.8 Å². The molecule has 6 atom stereocenters. The van der Waals surface area contributed by atoms with Gasteiger partial charge in [0.15, 0.2) is 0 Å². The lowest BCUT2D eigenvalue weighted by Crippen LogP contribution is -2.58. The molecule has 4 aliphatic rings. The number of aliphatic hydroxyl groups is 1. The Morgan fingerprint density at radius 2 is 1.77 bits per heavy atom. The smallest absolute Gasteiger partial charge is 0.253 e. The highest BCUT2D eigenvalue weighted by atomic mass is 16.5. The number of aliphatic hydroxyl groups excluding tert-OH is 1. The summed E-state index contributed by atoms with van der Waals surface area (Å²) in [5.41, 5.74) is 0.391. The summed E-state index contributed by atoms with van der Waals surface area (Å²) in [6.07, 6.45) is 7.45. The Morgan fingerprint density at radius 3 is 2.49 bits per heavy atom. The van der Waals surface area contributed by atoms with Crippen molar-refractivity contribution in [2.24, 2.45) is 11.8 Å². The number of hydrogen-bond acceptors (Lipinski definition) is 5. The molecule has 1 spiro atoms. The summed E-state index contributed by atoms with van der Waals surface area (Å²) in [5.74, 6) is -2.43. The molecule has 3 amide bonds. The number of hydrogen-bond donors (Lipinski definition) is 1. The molecule has 0 aliphatic carbocycles. The number of ether oxygens (including phenoxy) is 1. The highest BCUT2D eigenvalue weighted by Crippen LogP contribution is 2.57. The fourth-order valence-electron chi connectivity index (χ4n) is 6.37. The minimum Gasteiger partial charge on any atom is -0.394 e. The predicted octanol–water partition coefficient (Wildman–Crippen LogP) is 1.59. The van der Waals surface area contributed by atoms with Crippen LogP contribution in [0.5, 0.6) is 0 Å². The lowest BCUT2D eigenvalue weighted by molar-refractivity contribution is -0.150. The molecule has 1 unspecified atom stereocenters. The molecule has 35 heavy (non-hydrogen) atoms. The highest BCUT2D eigenvalue weighted by Gasteiger charge is 2.75. The Morgan fingerprint density at radius 1 is 1.06 bits per heavy atom. The van der Waals surface area contributed by atoms with Crippen molar-refractivity contribution in [3.05, 3.63) is 53.6 Å². The van der Waals surface area contributed by atoms with Crippen LogP contribution >= 0.6 is 0 Å². The van der Waals surface area contributed by atoms with E-state index in [9.17, 15) is 19.5 Å². The largest absolute Gasteiger partial charge is 0.394 e. The van der Waals surface area contributed by atoms with Gasteiger partial charge in [0.2, 0.25) is 11.8 Å². The van der Waals surface area contributed by atoms with Crippen LogP contribution in [0.25, 0.3) is 0 Å². The van der Waals surface area contributed by atoms with Crippen LogP contribution in [0.3, 0.4) is 0 Å². The van der Waals surface area contributed by atoms with Gasteiger partial charge in [-0.2, -0.15) is 0 Å². The number of fused-ring (bicyclic) bond motifs is 2. The Hall–Kier alpha value is -2.97. The number of carbonyl (C=O) groups excluding carboxylic acids is 3. The van der Waals surface area contributed by atoms with Crippen LogP contribution in [-0.4, -0.2) is 82.7 Å². The van der Waals surface area contributed by atoms with Crippen LogP contribution in [0.4, 0.5) is 5.69 Å². The van der Waals surface area contributed by atoms with Gasteiger partial charge in [0, 0.05) is 25.8 Å². The predicted molar refractivity (Wildman–Crippen MR) is 131 cm³/mol. The molecule has 1 aromatic rings. The molecule has 1 N–H and O–H groups in total. The van der Waals surface area contributed by atoms with Gasteiger partial charge in [-0.1, -0.05) is 36.4 Å². The molecule has 4 heterocycles. The first-order chi connectivity index (χ1) is 16.6. The lowest BCUT2D eigenvalue weighted by Gasteiger charge is -2.39. The van der Waals surface area contributed by atoms with Gasteiger partial charge in [-0.25, -0.2) is 0 Å². The molecular weight excluding hydrogens is 446 g/mol. The maximum atomic E-state index is 14.3. The van der Waals surface area contributed by atoms with Crippen molar-refractivity contribution < 1.29 is 24.2 Å². The number of aryl methyl sites for hydroxylation is 2. The number of rotatable bonds is 3. The first-order valence-corrected chi connectivity index (χ1v) is 12.2. The normalized spacial score (nSPS) is 35.1. The summed E-state index contributed by atoms with van der Waals surface area (Å²) in [6, 6.07) is 4.32. The van der Waals surface area contributed by atoms with Crippen molar-refractivity contribution >= 4 is 23.4 Å². The van der Waals surface area contributed by atoms with Gasteiger partial charge in [-0.05, 0) is 44.9 Å². The van der Waals surface area contributed by atoms with Gasteiger partial charge in [0.25, 0.3) is 5.91 Å². The standard InChI is InChI=1S/C27H33N3O5/c1-16-8-9-17(2)19(14-16)29-13-7-11-27-21(24(33)30(18(3)15-31)22(27)25(29)34)20-23(32)28(5)12-6-10-26(20,4)35-27/h6-11,14,18,20-22,31H,12-13,15H2,1-5H3/t18-,20+,21+,22?,26-,27+/m1/s1. The van der Waals surface area contributed by atoms with Gasteiger partial charge in [0.1, 0.15) is 11.6 Å². The van der Waals surface area contributed by atoms with Gasteiger partial charge in [0.05, 0.1) is 30.1 Å². The number of carbonyl (C=O) groups is 3. The molecule has 186 valence electrons. The molecule has 4 aliphatic heterocycles. The Bertz CT molecular complexity index is 1160. The number of anilines is 1. The third-order valence-electron chi connectivity index (χ3n) is 8.09. The van der Waals surface area contributed by atoms with Gasteiger partial charge in [-0.3, -0.25) is 14.4 Å². The molecule has 8 nitrogen and oxygen atoms in total. The zero-order valence-electron chi connectivity index (χ0n) is 20.9. The number of likely N-dealkylation sites (tertiary alicyclic amines) is 1. The second-order valence-corrected chi connectivity index (χ2v) is 10.5. The number of nitrogens with zero attached hydrogens (tertiary/aromatic N) is 3. The molecule has 0 aromatic heterocycles. The molecule has 0 radical (unpaired) electrons. The van der Waals surface area contributed by atoms with Crippen LogP contribution < -0.4 is 4.90 Å². The van der Waals surface area contributed by atoms with E-state index in [-0.39, 0.29) is 24.3 Å². The number of benzene rings is 1. The summed E-state index contributed by atoms with van der Waals surface area (Å²) in [5, 5.41) is 10.0. The van der Waals surface area contributed by atoms with Crippen molar-refractivity contribution in [3.63, 3.8) is 0 Å². The molecular formula is C27H33N3O5. The average molecular weight is 480 g/mol. The van der Waals surface area contributed by atoms with Crippen LogP contribution in [0.15, 0.2) is 42.5 Å².